The van der Waals surface area contributed by atoms with Crippen molar-refractivity contribution in [3.8, 4) is 41.8 Å². The maximum atomic E-state index is 15.9. The summed E-state index contributed by atoms with van der Waals surface area (Å²) < 4.78 is 41.5. The van der Waals surface area contributed by atoms with Crippen molar-refractivity contribution in [1.29, 1.82) is 0 Å². The molecule has 3 aromatic carbocycles. The highest BCUT2D eigenvalue weighted by Crippen LogP contribution is 2.47. The number of nitrogens with zero attached hydrogens (tertiary/aromatic N) is 4. The summed E-state index contributed by atoms with van der Waals surface area (Å²) in [4.78, 5) is 14.3. The molecule has 7 aromatic rings. The fourth-order valence-electron chi connectivity index (χ4n) is 8.97. The van der Waals surface area contributed by atoms with Crippen LogP contribution in [0.15, 0.2) is 60.7 Å². The third kappa shape index (κ3) is 10.3. The standard InChI is InChI=1S/C52H62F2N4S3/c1-7-13-17-33(9-3)19-15-21-35-23-25-37(39(53)31-35)43-27-29-45(59-43)47-49-50(56-42(12-6)41(11-5)55-49)48(52-51(47)57-61-58-52)46-30-28-44(60-46)38-26-24-36(32-40(38)54)22-16-20-34(10-4)18-14-8-2/h23-34H,7-22H2,1-6H3. The lowest BCUT2D eigenvalue weighted by molar-refractivity contribution is 0.410. The maximum absolute atomic E-state index is 15.9. The van der Waals surface area contributed by atoms with Crippen LogP contribution in [0.5, 0.6) is 0 Å². The first-order valence-electron chi connectivity index (χ1n) is 23.1. The first-order chi connectivity index (χ1) is 29.8. The molecular formula is C52H62F2N4S3. The van der Waals surface area contributed by atoms with Crippen LogP contribution in [0.25, 0.3) is 63.8 Å². The topological polar surface area (TPSA) is 51.6 Å². The van der Waals surface area contributed by atoms with Gasteiger partial charge >= 0.3 is 0 Å². The molecule has 2 atom stereocenters. The minimum Gasteiger partial charge on any atom is -0.249 e. The minimum absolute atomic E-state index is 0.187. The van der Waals surface area contributed by atoms with Crippen LogP contribution < -0.4 is 0 Å². The number of hydrogen-bond donors (Lipinski definition) is 0. The van der Waals surface area contributed by atoms with Gasteiger partial charge in [-0.25, -0.2) is 18.7 Å². The van der Waals surface area contributed by atoms with Crippen LogP contribution in [-0.4, -0.2) is 18.7 Å². The van der Waals surface area contributed by atoms with E-state index in [1.807, 2.05) is 24.3 Å². The third-order valence-corrected chi connectivity index (χ3v) is 15.5. The van der Waals surface area contributed by atoms with Crippen molar-refractivity contribution in [3.63, 3.8) is 0 Å². The number of thiophene rings is 2. The smallest absolute Gasteiger partial charge is 0.132 e. The normalized spacial score (nSPS) is 12.9. The molecule has 61 heavy (non-hydrogen) atoms. The van der Waals surface area contributed by atoms with Crippen LogP contribution in [0.2, 0.25) is 0 Å². The Morgan fingerprint density at radius 3 is 1.28 bits per heavy atom. The molecule has 0 N–H and O–H groups in total. The van der Waals surface area contributed by atoms with Crippen molar-refractivity contribution in [1.82, 2.24) is 18.7 Å². The molecule has 0 radical (unpaired) electrons. The molecule has 0 fully saturated rings. The van der Waals surface area contributed by atoms with E-state index in [0.717, 1.165) is 126 Å². The number of benzene rings is 3. The van der Waals surface area contributed by atoms with Crippen LogP contribution in [-0.2, 0) is 25.7 Å². The molecule has 0 saturated carbocycles. The molecule has 0 aliphatic carbocycles. The van der Waals surface area contributed by atoms with E-state index in [4.69, 9.17) is 18.7 Å². The largest absolute Gasteiger partial charge is 0.249 e. The second kappa shape index (κ2) is 21.4. The summed E-state index contributed by atoms with van der Waals surface area (Å²) in [7, 11) is 0. The lowest BCUT2D eigenvalue weighted by Crippen LogP contribution is -2.03. The van der Waals surface area contributed by atoms with Gasteiger partial charge in [-0.15, -0.1) is 22.7 Å². The Hall–Kier alpha value is -3.92. The lowest BCUT2D eigenvalue weighted by Gasteiger charge is -2.14. The van der Waals surface area contributed by atoms with Crippen molar-refractivity contribution in [2.45, 2.75) is 144 Å². The number of aryl methyl sites for hydroxylation is 4. The summed E-state index contributed by atoms with van der Waals surface area (Å²) in [6.45, 7) is 13.3. The molecule has 4 heterocycles. The molecule has 4 nitrogen and oxygen atoms in total. The Bertz CT molecular complexity index is 2360. The lowest BCUT2D eigenvalue weighted by atomic mass is 9.92. The second-order valence-electron chi connectivity index (χ2n) is 16.8. The molecule has 0 aliphatic rings. The highest BCUT2D eigenvalue weighted by atomic mass is 32.1. The quantitative estimate of drug-likeness (QED) is 0.0681. The van der Waals surface area contributed by atoms with Crippen LogP contribution in [0, 0.1) is 23.5 Å². The third-order valence-electron chi connectivity index (χ3n) is 12.7. The molecule has 0 saturated heterocycles. The van der Waals surface area contributed by atoms with E-state index in [2.05, 4.69) is 65.8 Å². The summed E-state index contributed by atoms with van der Waals surface area (Å²) in [5.74, 6) is 1.14. The van der Waals surface area contributed by atoms with Crippen LogP contribution in [0.1, 0.15) is 141 Å². The van der Waals surface area contributed by atoms with Crippen molar-refractivity contribution >= 4 is 56.5 Å². The summed E-state index contributed by atoms with van der Waals surface area (Å²) in [5.41, 5.74) is 10.0. The fourth-order valence-corrected chi connectivity index (χ4v) is 11.7. The van der Waals surface area contributed by atoms with E-state index < -0.39 is 0 Å². The average Bonchev–Trinajstić information content (AvgIpc) is 4.07. The summed E-state index contributed by atoms with van der Waals surface area (Å²) in [6.07, 6.45) is 17.9. The molecule has 7 rings (SSSR count). The van der Waals surface area contributed by atoms with Crippen LogP contribution >= 0.6 is 34.4 Å². The van der Waals surface area contributed by atoms with E-state index in [9.17, 15) is 0 Å². The van der Waals surface area contributed by atoms with E-state index in [1.165, 1.54) is 75.9 Å². The monoisotopic (exact) mass is 876 g/mol. The Labute approximate surface area is 374 Å². The van der Waals surface area contributed by atoms with Crippen molar-refractivity contribution in [2.75, 3.05) is 0 Å². The Balaban J connectivity index is 1.19. The van der Waals surface area contributed by atoms with E-state index in [1.54, 1.807) is 34.8 Å². The van der Waals surface area contributed by atoms with Gasteiger partial charge in [0.05, 0.1) is 23.1 Å². The van der Waals surface area contributed by atoms with E-state index in [-0.39, 0.29) is 11.6 Å². The van der Waals surface area contributed by atoms with E-state index >= 15 is 8.78 Å². The zero-order valence-electron chi connectivity index (χ0n) is 37.0. The average molecular weight is 877 g/mol. The fraction of sp³-hybridized carbons (Fsp3) is 0.462. The van der Waals surface area contributed by atoms with Gasteiger partial charge < -0.3 is 0 Å². The van der Waals surface area contributed by atoms with Gasteiger partial charge in [0.2, 0.25) is 0 Å². The van der Waals surface area contributed by atoms with Crippen LogP contribution in [0.4, 0.5) is 8.78 Å². The number of fused-ring (bicyclic) bond motifs is 2. The number of rotatable bonds is 22. The number of unbranched alkanes of at least 4 members (excludes halogenated alkanes) is 2. The van der Waals surface area contributed by atoms with Crippen molar-refractivity contribution in [3.05, 3.63) is 94.8 Å². The Morgan fingerprint density at radius 1 is 0.492 bits per heavy atom. The maximum Gasteiger partial charge on any atom is 0.132 e. The van der Waals surface area contributed by atoms with Gasteiger partial charge in [-0.3, -0.25) is 0 Å². The van der Waals surface area contributed by atoms with E-state index in [0.29, 0.717) is 11.1 Å². The molecule has 322 valence electrons. The highest BCUT2D eigenvalue weighted by molar-refractivity contribution is 7.19. The molecule has 9 heteroatoms. The second-order valence-corrected chi connectivity index (χ2v) is 19.5. The Kier molecular flexibility index (Phi) is 15.9. The molecule has 4 aromatic heterocycles. The summed E-state index contributed by atoms with van der Waals surface area (Å²) in [5, 5.41) is 0. The van der Waals surface area contributed by atoms with Crippen LogP contribution in [0.3, 0.4) is 0 Å². The van der Waals surface area contributed by atoms with Crippen molar-refractivity contribution < 1.29 is 8.78 Å². The molecular weight excluding hydrogens is 815 g/mol. The van der Waals surface area contributed by atoms with Gasteiger partial charge in [0.1, 0.15) is 33.7 Å². The number of hydrogen-bond acceptors (Lipinski definition) is 7. The van der Waals surface area contributed by atoms with Gasteiger partial charge in [0.15, 0.2) is 0 Å². The Morgan fingerprint density at radius 2 is 0.902 bits per heavy atom. The molecule has 0 amide bonds. The summed E-state index contributed by atoms with van der Waals surface area (Å²) >= 11 is 4.28. The highest BCUT2D eigenvalue weighted by Gasteiger charge is 2.26. The number of halogens is 2. The first kappa shape index (κ1) is 45.1. The zero-order valence-corrected chi connectivity index (χ0v) is 39.5. The zero-order chi connectivity index (χ0) is 42.9. The van der Waals surface area contributed by atoms with Gasteiger partial charge in [0, 0.05) is 41.8 Å². The minimum atomic E-state index is -0.187. The van der Waals surface area contributed by atoms with Crippen molar-refractivity contribution in [2.24, 2.45) is 11.8 Å². The number of aromatic nitrogens is 4. The van der Waals surface area contributed by atoms with Gasteiger partial charge in [-0.2, -0.15) is 8.75 Å². The molecule has 2 unspecified atom stereocenters. The summed E-state index contributed by atoms with van der Waals surface area (Å²) in [6, 6.07) is 19.7. The van der Waals surface area contributed by atoms with Gasteiger partial charge in [-0.05, 0) is 97.9 Å². The first-order valence-corrected chi connectivity index (χ1v) is 25.4. The SMILES string of the molecule is CCCCC(CC)CCCc1ccc(-c2ccc(-c3c4nsnc4c(-c4ccc(-c5ccc(CCCC(CC)CCCC)cc5F)s4)c4nc(CC)c(CC)nc34)s2)c(F)c1. The predicted octanol–water partition coefficient (Wildman–Crippen LogP) is 16.9. The molecule has 0 aliphatic heterocycles. The molecule has 0 bridgehead atoms. The van der Waals surface area contributed by atoms with Gasteiger partial charge in [0.25, 0.3) is 0 Å². The predicted molar refractivity (Wildman–Crippen MR) is 259 cm³/mol. The molecule has 0 spiro atoms. The van der Waals surface area contributed by atoms with Gasteiger partial charge in [-0.1, -0.05) is 130 Å².